The van der Waals surface area contributed by atoms with Crippen molar-refractivity contribution in [3.8, 4) is 0 Å². The molecule has 0 aliphatic carbocycles. The van der Waals surface area contributed by atoms with Crippen LogP contribution in [0.15, 0.2) is 0 Å². The smallest absolute Gasteiger partial charge is 0.550 e. The van der Waals surface area contributed by atoms with Gasteiger partial charge in [0.1, 0.15) is 0 Å². The molecule has 0 saturated heterocycles. The van der Waals surface area contributed by atoms with Gasteiger partial charge in [-0.1, -0.05) is 26.7 Å². The van der Waals surface area contributed by atoms with E-state index in [1.165, 1.54) is 0 Å². The summed E-state index contributed by atoms with van der Waals surface area (Å²) in [6.07, 6.45) is 3.52. The molecule has 16 heavy (non-hydrogen) atoms. The topological polar surface area (TPSA) is 80.3 Å². The van der Waals surface area contributed by atoms with Crippen molar-refractivity contribution in [2.45, 2.75) is 46.5 Å². The van der Waals surface area contributed by atoms with Crippen LogP contribution in [0.5, 0.6) is 0 Å². The van der Waals surface area contributed by atoms with Crippen LogP contribution < -0.4 is 10.2 Å². The predicted molar refractivity (Wildman–Crippen MR) is 49.0 cm³/mol. The first-order chi connectivity index (χ1) is 6.45. The molecule has 0 aromatic rings. The second-order valence-corrected chi connectivity index (χ2v) is 3.06. The second-order valence-electron chi connectivity index (χ2n) is 3.06. The van der Waals surface area contributed by atoms with Crippen molar-refractivity contribution in [2.75, 3.05) is 0 Å². The fourth-order valence-electron chi connectivity index (χ4n) is 0.939. The van der Waals surface area contributed by atoms with E-state index in [1.54, 1.807) is 0 Å². The Labute approximate surface area is 117 Å². The predicted octanol–water partition coefficient (Wildman–Crippen LogP) is -0.296. The number of hydrogen-bond donors (Lipinski definition) is 0. The van der Waals surface area contributed by atoms with Crippen LogP contribution in [0.2, 0.25) is 0 Å². The van der Waals surface area contributed by atoms with Gasteiger partial charge in [0, 0.05) is 11.9 Å². The maximum absolute atomic E-state index is 10.3. The average molecular weight is 320 g/mol. The Morgan fingerprint density at radius 3 is 1.69 bits per heavy atom. The minimum Gasteiger partial charge on any atom is -0.550 e. The molecule has 0 fully saturated rings. The van der Waals surface area contributed by atoms with Gasteiger partial charge in [-0.3, -0.25) is 0 Å². The van der Waals surface area contributed by atoms with Crippen LogP contribution in [0.4, 0.5) is 0 Å². The van der Waals surface area contributed by atoms with Gasteiger partial charge in [-0.15, -0.1) is 0 Å². The summed E-state index contributed by atoms with van der Waals surface area (Å²) in [6, 6.07) is 0. The van der Waals surface area contributed by atoms with Crippen molar-refractivity contribution >= 4 is 11.9 Å². The normalized spacial score (nSPS) is 9.69. The van der Waals surface area contributed by atoms with E-state index < -0.39 is 11.9 Å². The van der Waals surface area contributed by atoms with Crippen LogP contribution >= 0.6 is 0 Å². The molecule has 0 aromatic carbocycles. The molecular formula is C10H18Ni2O4+2. The number of unbranched alkanes of at least 4 members (excludes halogenated alkanes) is 1. The summed E-state index contributed by atoms with van der Waals surface area (Å²) in [5.41, 5.74) is 0. The summed E-state index contributed by atoms with van der Waals surface area (Å²) < 4.78 is 0. The molecule has 0 amide bonds. The van der Waals surface area contributed by atoms with Gasteiger partial charge in [0.05, 0.1) is 0 Å². The van der Waals surface area contributed by atoms with Gasteiger partial charge in [-0.25, -0.2) is 0 Å². The number of rotatable bonds is 5. The summed E-state index contributed by atoms with van der Waals surface area (Å²) in [7, 11) is 0. The van der Waals surface area contributed by atoms with Crippen molar-refractivity contribution in [3.05, 3.63) is 0 Å². The van der Waals surface area contributed by atoms with E-state index in [9.17, 15) is 9.90 Å². The average Bonchev–Trinajstić information content (AvgIpc) is 2.04. The Kier molecular flexibility index (Phi) is 27.0. The van der Waals surface area contributed by atoms with Gasteiger partial charge in [-0.2, -0.15) is 0 Å². The van der Waals surface area contributed by atoms with Gasteiger partial charge in [0.25, 0.3) is 0 Å². The minimum absolute atomic E-state index is 0. The molecule has 0 bridgehead atoms. The summed E-state index contributed by atoms with van der Waals surface area (Å²) in [5.74, 6) is -2.20. The second kappa shape index (κ2) is 17.3. The van der Waals surface area contributed by atoms with Crippen LogP contribution in [0.25, 0.3) is 0 Å². The van der Waals surface area contributed by atoms with E-state index in [0.717, 1.165) is 26.2 Å². The molecule has 0 saturated carbocycles. The number of aliphatic carboxylic acids is 2. The molecule has 0 heterocycles. The zero-order chi connectivity index (χ0) is 11.6. The maximum atomic E-state index is 10.3. The summed E-state index contributed by atoms with van der Waals surface area (Å²) in [5, 5.41) is 19.2. The van der Waals surface area contributed by atoms with Gasteiger partial charge >= 0.3 is 33.0 Å². The first kappa shape index (κ1) is 24.9. The molecule has 0 radical (unpaired) electrons. The Morgan fingerprint density at radius 2 is 1.50 bits per heavy atom. The Morgan fingerprint density at radius 1 is 1.12 bits per heavy atom. The molecular weight excluding hydrogens is 301 g/mol. The molecule has 1 unspecified atom stereocenters. The van der Waals surface area contributed by atoms with E-state index in [4.69, 9.17) is 9.90 Å². The van der Waals surface area contributed by atoms with Gasteiger partial charge in [-0.05, 0) is 25.7 Å². The van der Waals surface area contributed by atoms with E-state index in [1.807, 2.05) is 6.92 Å². The molecule has 0 rings (SSSR count). The zero-order valence-corrected chi connectivity index (χ0v) is 11.6. The van der Waals surface area contributed by atoms with E-state index >= 15 is 0 Å². The Balaban J connectivity index is -0.000000105. The zero-order valence-electron chi connectivity index (χ0n) is 9.67. The van der Waals surface area contributed by atoms with Crippen molar-refractivity contribution in [1.29, 1.82) is 0 Å². The minimum atomic E-state index is -1.08. The molecule has 0 aliphatic heterocycles. The fourth-order valence-corrected chi connectivity index (χ4v) is 0.939. The van der Waals surface area contributed by atoms with Crippen LogP contribution in [0.1, 0.15) is 46.5 Å². The largest absolute Gasteiger partial charge is 2.00 e. The molecule has 4 nitrogen and oxygen atoms in total. The van der Waals surface area contributed by atoms with Gasteiger partial charge < -0.3 is 19.8 Å². The van der Waals surface area contributed by atoms with Gasteiger partial charge in [0.15, 0.2) is 0 Å². The van der Waals surface area contributed by atoms with Crippen LogP contribution in [0.3, 0.4) is 0 Å². The Bertz CT molecular complexity index is 170. The molecule has 0 spiro atoms. The van der Waals surface area contributed by atoms with Crippen LogP contribution in [-0.4, -0.2) is 11.9 Å². The quantitative estimate of drug-likeness (QED) is 0.652. The summed E-state index contributed by atoms with van der Waals surface area (Å²) in [4.78, 5) is 19.2. The molecule has 6 heteroatoms. The monoisotopic (exact) mass is 318 g/mol. The molecule has 0 aliphatic rings. The molecule has 100 valence electrons. The standard InChI is InChI=1S/C8H16O2.C2H4O2.2Ni/c1-3-5-6-7(4-2)8(9)10;1-2(3)4;;/h7H,3-6H2,1-2H3,(H,9,10);1H3,(H,3,4);;/q;;2*+2/p-2. The summed E-state index contributed by atoms with van der Waals surface area (Å²) >= 11 is 0. The van der Waals surface area contributed by atoms with E-state index in [2.05, 4.69) is 6.92 Å². The molecule has 0 aromatic heterocycles. The number of carbonyl (C=O) groups excluding carboxylic acids is 2. The van der Waals surface area contributed by atoms with Gasteiger partial charge in [0.2, 0.25) is 0 Å². The van der Waals surface area contributed by atoms with Crippen LogP contribution in [0, 0.1) is 5.92 Å². The van der Waals surface area contributed by atoms with E-state index in [0.29, 0.717) is 6.42 Å². The third kappa shape index (κ3) is 23.6. The van der Waals surface area contributed by atoms with E-state index in [-0.39, 0.29) is 38.9 Å². The third-order valence-electron chi connectivity index (χ3n) is 1.73. The van der Waals surface area contributed by atoms with Crippen LogP contribution in [-0.2, 0) is 42.6 Å². The molecule has 0 N–H and O–H groups in total. The number of hydrogen-bond acceptors (Lipinski definition) is 4. The van der Waals surface area contributed by atoms with Crippen molar-refractivity contribution in [2.24, 2.45) is 5.92 Å². The van der Waals surface area contributed by atoms with Crippen molar-refractivity contribution in [1.82, 2.24) is 0 Å². The van der Waals surface area contributed by atoms with Crippen molar-refractivity contribution < 1.29 is 52.8 Å². The first-order valence-electron chi connectivity index (χ1n) is 4.84. The number of carboxylic acids is 2. The molecule has 1 atom stereocenters. The number of carbonyl (C=O) groups is 2. The maximum Gasteiger partial charge on any atom is 2.00 e. The third-order valence-corrected chi connectivity index (χ3v) is 1.73. The summed E-state index contributed by atoms with van der Waals surface area (Å²) in [6.45, 7) is 4.91. The Hall–Kier alpha value is -0.0730. The van der Waals surface area contributed by atoms with Crippen molar-refractivity contribution in [3.63, 3.8) is 0 Å². The SMILES string of the molecule is CC(=O)[O-].CCCCC(CC)C(=O)[O-].[Ni+2].[Ni+2]. The fraction of sp³-hybridized carbons (Fsp3) is 0.800. The first-order valence-corrected chi connectivity index (χ1v) is 4.84. The number of carboxylic acid groups (broad SMARTS) is 2.